The zero-order valence-corrected chi connectivity index (χ0v) is 14.3. The van der Waals surface area contributed by atoms with Gasteiger partial charge in [-0.1, -0.05) is 0 Å². The molecule has 1 aliphatic rings. The third-order valence-corrected chi connectivity index (χ3v) is 4.29. The van der Waals surface area contributed by atoms with Gasteiger partial charge in [-0.3, -0.25) is 9.59 Å². The van der Waals surface area contributed by atoms with Crippen molar-refractivity contribution < 1.29 is 14.0 Å². The summed E-state index contributed by atoms with van der Waals surface area (Å²) in [6, 6.07) is 3.82. The van der Waals surface area contributed by atoms with Crippen molar-refractivity contribution in [3.05, 3.63) is 23.7 Å². The summed E-state index contributed by atoms with van der Waals surface area (Å²) < 4.78 is 5.45. The number of likely N-dealkylation sites (tertiary alicyclic amines) is 1. The molecule has 0 aromatic carbocycles. The number of carbonyl (C=O) groups excluding carboxylic acids is 2. The van der Waals surface area contributed by atoms with Gasteiger partial charge in [0.15, 0.2) is 5.76 Å². The lowest BCUT2D eigenvalue weighted by Crippen LogP contribution is -2.32. The van der Waals surface area contributed by atoms with E-state index in [4.69, 9.17) is 4.42 Å². The maximum Gasteiger partial charge on any atom is 0.289 e. The third kappa shape index (κ3) is 5.10. The molecule has 2 heterocycles. The van der Waals surface area contributed by atoms with Crippen LogP contribution < -0.4 is 5.32 Å². The monoisotopic (exact) mass is 321 g/mol. The van der Waals surface area contributed by atoms with Crippen LogP contribution in [0.1, 0.15) is 48.9 Å². The number of nitrogens with one attached hydrogen (secondary N) is 1. The molecule has 128 valence electrons. The minimum atomic E-state index is -0.179. The molecule has 1 atom stereocenters. The van der Waals surface area contributed by atoms with Crippen LogP contribution in [-0.2, 0) is 11.3 Å². The summed E-state index contributed by atoms with van der Waals surface area (Å²) in [7, 11) is 3.35. The second kappa shape index (κ2) is 8.15. The van der Waals surface area contributed by atoms with Gasteiger partial charge in [0, 0.05) is 26.6 Å². The molecule has 1 N–H and O–H groups in total. The Morgan fingerprint density at radius 3 is 2.65 bits per heavy atom. The van der Waals surface area contributed by atoms with Crippen molar-refractivity contribution in [2.75, 3.05) is 27.2 Å². The first-order valence-corrected chi connectivity index (χ1v) is 8.28. The molecule has 0 spiro atoms. The molecule has 2 amide bonds. The lowest BCUT2D eigenvalue weighted by molar-refractivity contribution is -0.121. The minimum Gasteiger partial charge on any atom is -0.454 e. The van der Waals surface area contributed by atoms with E-state index in [1.807, 2.05) is 0 Å². The van der Waals surface area contributed by atoms with E-state index < -0.39 is 0 Å². The van der Waals surface area contributed by atoms with E-state index in [0.29, 0.717) is 30.5 Å². The highest BCUT2D eigenvalue weighted by atomic mass is 16.4. The average molecular weight is 321 g/mol. The average Bonchev–Trinajstić information content (AvgIpc) is 3.20. The molecule has 6 heteroatoms. The lowest BCUT2D eigenvalue weighted by Gasteiger charge is -2.23. The fourth-order valence-corrected chi connectivity index (χ4v) is 2.79. The maximum atomic E-state index is 11.9. The number of furan rings is 1. The molecule has 23 heavy (non-hydrogen) atoms. The van der Waals surface area contributed by atoms with Crippen LogP contribution in [0.15, 0.2) is 16.5 Å². The van der Waals surface area contributed by atoms with Crippen LogP contribution in [0.4, 0.5) is 0 Å². The van der Waals surface area contributed by atoms with Crippen molar-refractivity contribution in [2.45, 2.75) is 45.2 Å². The molecule has 1 saturated heterocycles. The predicted octanol–water partition coefficient (Wildman–Crippen LogP) is 1.86. The highest BCUT2D eigenvalue weighted by molar-refractivity contribution is 5.91. The topological polar surface area (TPSA) is 65.8 Å². The van der Waals surface area contributed by atoms with Gasteiger partial charge in [0.25, 0.3) is 5.91 Å². The van der Waals surface area contributed by atoms with Gasteiger partial charge < -0.3 is 19.5 Å². The Morgan fingerprint density at radius 1 is 1.30 bits per heavy atom. The Morgan fingerprint density at radius 2 is 2.00 bits per heavy atom. The summed E-state index contributed by atoms with van der Waals surface area (Å²) in [5.74, 6) is 0.730. The summed E-state index contributed by atoms with van der Waals surface area (Å²) >= 11 is 0. The first-order chi connectivity index (χ1) is 11.0. The Labute approximate surface area is 137 Å². The highest BCUT2D eigenvalue weighted by Crippen LogP contribution is 2.15. The fourth-order valence-electron chi connectivity index (χ4n) is 2.79. The number of rotatable bonds is 7. The fraction of sp³-hybridized carbons (Fsp3) is 0.647. The summed E-state index contributed by atoms with van der Waals surface area (Å²) in [6.45, 7) is 4.80. The van der Waals surface area contributed by atoms with Gasteiger partial charge >= 0.3 is 0 Å². The molecule has 6 nitrogen and oxygen atoms in total. The molecule has 0 unspecified atom stereocenters. The van der Waals surface area contributed by atoms with E-state index in [0.717, 1.165) is 19.5 Å². The first kappa shape index (κ1) is 17.5. The molecule has 1 aliphatic heterocycles. The molecule has 0 saturated carbocycles. The van der Waals surface area contributed by atoms with E-state index in [1.54, 1.807) is 26.2 Å². The van der Waals surface area contributed by atoms with E-state index >= 15 is 0 Å². The number of hydrogen-bond acceptors (Lipinski definition) is 4. The molecular weight excluding hydrogens is 294 g/mol. The van der Waals surface area contributed by atoms with Gasteiger partial charge in [-0.15, -0.1) is 0 Å². The Kier molecular flexibility index (Phi) is 6.21. The Hall–Kier alpha value is -1.82. The van der Waals surface area contributed by atoms with Crippen LogP contribution in [-0.4, -0.2) is 54.8 Å². The van der Waals surface area contributed by atoms with E-state index in [9.17, 15) is 9.59 Å². The molecule has 1 fully saturated rings. The van der Waals surface area contributed by atoms with Crippen molar-refractivity contribution in [1.82, 2.24) is 15.1 Å². The van der Waals surface area contributed by atoms with Crippen molar-refractivity contribution in [3.63, 3.8) is 0 Å². The largest absolute Gasteiger partial charge is 0.454 e. The van der Waals surface area contributed by atoms with Crippen LogP contribution in [0.25, 0.3) is 0 Å². The summed E-state index contributed by atoms with van der Waals surface area (Å²) in [4.78, 5) is 27.6. The molecule has 2 rings (SSSR count). The molecule has 0 radical (unpaired) electrons. The summed E-state index contributed by atoms with van der Waals surface area (Å²) in [5, 5.41) is 2.85. The van der Waals surface area contributed by atoms with Crippen LogP contribution in [0.3, 0.4) is 0 Å². The van der Waals surface area contributed by atoms with Crippen molar-refractivity contribution in [3.8, 4) is 0 Å². The van der Waals surface area contributed by atoms with Crippen molar-refractivity contribution in [1.29, 1.82) is 0 Å². The van der Waals surface area contributed by atoms with Gasteiger partial charge in [0.2, 0.25) is 5.91 Å². The number of amides is 2. The number of carbonyl (C=O) groups is 2. The standard InChI is InChI=1S/C17H27N3O3/c1-13(20-10-4-5-11-20)6-9-16(21)18-12-14-7-8-15(23-14)17(22)19(2)3/h7-8,13H,4-6,9-12H2,1-3H3,(H,18,21)/t13-/m1/s1. The predicted molar refractivity (Wildman–Crippen MR) is 88.1 cm³/mol. The van der Waals surface area contributed by atoms with Crippen LogP contribution in [0, 0.1) is 0 Å². The third-order valence-electron chi connectivity index (χ3n) is 4.29. The van der Waals surface area contributed by atoms with E-state index in [1.165, 1.54) is 17.7 Å². The van der Waals surface area contributed by atoms with Gasteiger partial charge in [-0.2, -0.15) is 0 Å². The first-order valence-electron chi connectivity index (χ1n) is 8.28. The molecule has 0 aliphatic carbocycles. The normalized spacial score (nSPS) is 16.3. The molecular formula is C17H27N3O3. The van der Waals surface area contributed by atoms with Crippen LogP contribution in [0.2, 0.25) is 0 Å². The van der Waals surface area contributed by atoms with Gasteiger partial charge in [-0.05, 0) is 51.4 Å². The summed E-state index contributed by atoms with van der Waals surface area (Å²) in [5.41, 5.74) is 0. The second-order valence-corrected chi connectivity index (χ2v) is 6.37. The van der Waals surface area contributed by atoms with Gasteiger partial charge in [-0.25, -0.2) is 0 Å². The SMILES string of the molecule is C[C@H](CCC(=O)NCc1ccc(C(=O)N(C)C)o1)N1CCCC1. The lowest BCUT2D eigenvalue weighted by atomic mass is 10.1. The zero-order valence-electron chi connectivity index (χ0n) is 14.3. The molecule has 1 aromatic rings. The minimum absolute atomic E-state index is 0.0212. The Bertz CT molecular complexity index is 533. The molecule has 0 bridgehead atoms. The van der Waals surface area contributed by atoms with Crippen LogP contribution in [0.5, 0.6) is 0 Å². The quantitative estimate of drug-likeness (QED) is 0.832. The van der Waals surface area contributed by atoms with Crippen molar-refractivity contribution in [2.24, 2.45) is 0 Å². The number of hydrogen-bond donors (Lipinski definition) is 1. The van der Waals surface area contributed by atoms with Crippen LogP contribution >= 0.6 is 0 Å². The molecule has 1 aromatic heterocycles. The van der Waals surface area contributed by atoms with Crippen molar-refractivity contribution >= 4 is 11.8 Å². The van der Waals surface area contributed by atoms with Gasteiger partial charge in [0.05, 0.1) is 6.54 Å². The second-order valence-electron chi connectivity index (χ2n) is 6.37. The van der Waals surface area contributed by atoms with E-state index in [-0.39, 0.29) is 11.8 Å². The summed E-state index contributed by atoms with van der Waals surface area (Å²) in [6.07, 6.45) is 3.92. The number of nitrogens with zero attached hydrogens (tertiary/aromatic N) is 2. The maximum absolute atomic E-state index is 11.9. The Balaban J connectivity index is 1.71. The zero-order chi connectivity index (χ0) is 16.8. The van der Waals surface area contributed by atoms with Gasteiger partial charge in [0.1, 0.15) is 5.76 Å². The smallest absolute Gasteiger partial charge is 0.289 e. The van der Waals surface area contributed by atoms with E-state index in [2.05, 4.69) is 17.1 Å². The highest BCUT2D eigenvalue weighted by Gasteiger charge is 2.18.